The Balaban J connectivity index is 1.39. The van der Waals surface area contributed by atoms with Crippen molar-refractivity contribution >= 4 is 28.3 Å². The number of alkyl halides is 3. The van der Waals surface area contributed by atoms with Gasteiger partial charge >= 0.3 is 6.18 Å². The van der Waals surface area contributed by atoms with E-state index < -0.39 is 11.7 Å². The Morgan fingerprint density at radius 3 is 2.47 bits per heavy atom. The van der Waals surface area contributed by atoms with Crippen LogP contribution in [0.2, 0.25) is 0 Å². The summed E-state index contributed by atoms with van der Waals surface area (Å²) < 4.78 is 37.9. The van der Waals surface area contributed by atoms with Crippen molar-refractivity contribution in [3.63, 3.8) is 0 Å². The van der Waals surface area contributed by atoms with Gasteiger partial charge in [0.05, 0.1) is 11.1 Å². The molecule has 0 aliphatic carbocycles. The van der Waals surface area contributed by atoms with E-state index in [0.29, 0.717) is 17.7 Å². The van der Waals surface area contributed by atoms with Crippen LogP contribution in [0.25, 0.3) is 10.9 Å². The topological polar surface area (TPSA) is 45.2 Å². The number of pyridine rings is 1. The Kier molecular flexibility index (Phi) is 5.37. The lowest BCUT2D eigenvalue weighted by atomic mass is 10.1. The summed E-state index contributed by atoms with van der Waals surface area (Å²) in [5, 5.41) is 3.82. The highest BCUT2D eigenvalue weighted by Crippen LogP contribution is 2.30. The third-order valence-corrected chi connectivity index (χ3v) is 5.34. The molecule has 156 valence electrons. The monoisotopic (exact) mass is 413 g/mol. The van der Waals surface area contributed by atoms with Gasteiger partial charge in [0.15, 0.2) is 0 Å². The maximum atomic E-state index is 12.6. The maximum absolute atomic E-state index is 12.6. The van der Waals surface area contributed by atoms with Crippen molar-refractivity contribution in [2.45, 2.75) is 32.4 Å². The number of carbonyl (C=O) groups excluding carboxylic acids is 1. The van der Waals surface area contributed by atoms with E-state index in [1.165, 1.54) is 18.6 Å². The van der Waals surface area contributed by atoms with Crippen LogP contribution >= 0.6 is 0 Å². The molecule has 1 amide bonds. The van der Waals surface area contributed by atoms with Crippen molar-refractivity contribution < 1.29 is 18.0 Å². The molecule has 0 unspecified atom stereocenters. The van der Waals surface area contributed by atoms with E-state index in [1.54, 1.807) is 0 Å². The van der Waals surface area contributed by atoms with E-state index in [2.05, 4.69) is 16.3 Å². The van der Waals surface area contributed by atoms with E-state index in [-0.39, 0.29) is 12.3 Å². The largest absolute Gasteiger partial charge is 0.416 e. The van der Waals surface area contributed by atoms with Crippen LogP contribution in [0.3, 0.4) is 0 Å². The fourth-order valence-electron chi connectivity index (χ4n) is 3.54. The van der Waals surface area contributed by atoms with E-state index in [0.717, 1.165) is 47.5 Å². The second kappa shape index (κ2) is 7.97. The number of aryl methyl sites for hydroxylation is 2. The second-order valence-corrected chi connectivity index (χ2v) is 7.62. The van der Waals surface area contributed by atoms with Gasteiger partial charge in [-0.05, 0) is 67.3 Å². The van der Waals surface area contributed by atoms with Gasteiger partial charge < -0.3 is 10.2 Å². The molecule has 1 aromatic heterocycles. The molecule has 2 aromatic carbocycles. The SMILES string of the molecule is Cc1cc2cc(NC(=O)CCc3ccc(C(F)(F)F)cc3)ccc2nc1N1CCC1. The Hall–Kier alpha value is -3.09. The average molecular weight is 413 g/mol. The molecule has 7 heteroatoms. The number of nitrogens with zero attached hydrogens (tertiary/aromatic N) is 2. The van der Waals surface area contributed by atoms with Crippen molar-refractivity contribution in [2.24, 2.45) is 0 Å². The first-order chi connectivity index (χ1) is 14.3. The number of aromatic nitrogens is 1. The third kappa shape index (κ3) is 4.40. The molecule has 1 saturated heterocycles. The average Bonchev–Trinajstić information content (AvgIpc) is 2.65. The number of amides is 1. The molecule has 3 aromatic rings. The highest BCUT2D eigenvalue weighted by atomic mass is 19.4. The Labute approximate surface area is 172 Å². The fourth-order valence-corrected chi connectivity index (χ4v) is 3.54. The van der Waals surface area contributed by atoms with Crippen LogP contribution in [-0.4, -0.2) is 24.0 Å². The summed E-state index contributed by atoms with van der Waals surface area (Å²) >= 11 is 0. The first kappa shape index (κ1) is 20.2. The molecule has 0 spiro atoms. The van der Waals surface area contributed by atoms with Gasteiger partial charge in [-0.25, -0.2) is 4.98 Å². The molecular formula is C23H22F3N3O. The number of fused-ring (bicyclic) bond motifs is 1. The van der Waals surface area contributed by atoms with Crippen LogP contribution in [-0.2, 0) is 17.4 Å². The number of rotatable bonds is 5. The number of anilines is 2. The first-order valence-electron chi connectivity index (χ1n) is 9.92. The first-order valence-corrected chi connectivity index (χ1v) is 9.92. The third-order valence-electron chi connectivity index (χ3n) is 5.34. The highest BCUT2D eigenvalue weighted by Gasteiger charge is 2.29. The Morgan fingerprint density at radius 2 is 1.83 bits per heavy atom. The molecule has 2 heterocycles. The molecular weight excluding hydrogens is 391 g/mol. The van der Waals surface area contributed by atoms with E-state index in [4.69, 9.17) is 4.98 Å². The molecule has 1 aliphatic heterocycles. The van der Waals surface area contributed by atoms with Crippen LogP contribution < -0.4 is 10.2 Å². The minimum absolute atomic E-state index is 0.184. The summed E-state index contributed by atoms with van der Waals surface area (Å²) in [5.41, 5.74) is 2.67. The lowest BCUT2D eigenvalue weighted by Crippen LogP contribution is -2.38. The summed E-state index contributed by atoms with van der Waals surface area (Å²) in [5.74, 6) is 0.832. The number of nitrogens with one attached hydrogen (secondary N) is 1. The highest BCUT2D eigenvalue weighted by molar-refractivity contribution is 5.94. The summed E-state index contributed by atoms with van der Waals surface area (Å²) in [6, 6.07) is 12.6. The van der Waals surface area contributed by atoms with E-state index >= 15 is 0 Å². The molecule has 1 fully saturated rings. The van der Waals surface area contributed by atoms with Crippen LogP contribution in [0.1, 0.15) is 29.5 Å². The number of hydrogen-bond donors (Lipinski definition) is 1. The zero-order chi connectivity index (χ0) is 21.3. The molecule has 4 rings (SSSR count). The minimum Gasteiger partial charge on any atom is -0.356 e. The molecule has 1 aliphatic rings. The summed E-state index contributed by atoms with van der Waals surface area (Å²) in [6.45, 7) is 4.11. The van der Waals surface area contributed by atoms with Crippen LogP contribution in [0, 0.1) is 6.92 Å². The van der Waals surface area contributed by atoms with Crippen LogP contribution in [0.4, 0.5) is 24.7 Å². The van der Waals surface area contributed by atoms with Gasteiger partial charge in [-0.2, -0.15) is 13.2 Å². The zero-order valence-electron chi connectivity index (χ0n) is 16.6. The second-order valence-electron chi connectivity index (χ2n) is 7.62. The van der Waals surface area contributed by atoms with Gasteiger partial charge in [0.25, 0.3) is 0 Å². The summed E-state index contributed by atoms with van der Waals surface area (Å²) in [4.78, 5) is 19.3. The Bertz CT molecular complexity index is 1070. The lowest BCUT2D eigenvalue weighted by molar-refractivity contribution is -0.137. The standard InChI is InChI=1S/C23H22F3N3O/c1-15-13-17-14-19(8-9-20(17)28-22(15)29-11-2-12-29)27-21(30)10-5-16-3-6-18(7-4-16)23(24,25)26/h3-4,6-9,13-14H,2,5,10-12H2,1H3,(H,27,30). The molecule has 1 N–H and O–H groups in total. The van der Waals surface area contributed by atoms with Crippen molar-refractivity contribution in [2.75, 3.05) is 23.3 Å². The van der Waals surface area contributed by atoms with Gasteiger partial charge in [0.2, 0.25) is 5.91 Å². The van der Waals surface area contributed by atoms with Gasteiger partial charge in [0.1, 0.15) is 5.82 Å². The van der Waals surface area contributed by atoms with Crippen LogP contribution in [0.15, 0.2) is 48.5 Å². The molecule has 4 nitrogen and oxygen atoms in total. The van der Waals surface area contributed by atoms with Crippen molar-refractivity contribution in [1.82, 2.24) is 4.98 Å². The van der Waals surface area contributed by atoms with E-state index in [9.17, 15) is 18.0 Å². The van der Waals surface area contributed by atoms with Gasteiger partial charge in [0, 0.05) is 30.6 Å². The fraction of sp³-hybridized carbons (Fsp3) is 0.304. The molecule has 0 radical (unpaired) electrons. The Morgan fingerprint density at radius 1 is 1.10 bits per heavy atom. The van der Waals surface area contributed by atoms with Crippen LogP contribution in [0.5, 0.6) is 0 Å². The normalized spacial score (nSPS) is 13.9. The van der Waals surface area contributed by atoms with Gasteiger partial charge in [-0.15, -0.1) is 0 Å². The predicted molar refractivity (Wildman–Crippen MR) is 112 cm³/mol. The smallest absolute Gasteiger partial charge is 0.356 e. The molecule has 0 atom stereocenters. The summed E-state index contributed by atoms with van der Waals surface area (Å²) in [6.07, 6.45) is -2.60. The van der Waals surface area contributed by atoms with Gasteiger partial charge in [-0.3, -0.25) is 4.79 Å². The van der Waals surface area contributed by atoms with Crippen molar-refractivity contribution in [3.8, 4) is 0 Å². The number of hydrogen-bond acceptors (Lipinski definition) is 3. The quantitative estimate of drug-likeness (QED) is 0.614. The number of halogens is 3. The predicted octanol–water partition coefficient (Wildman–Crippen LogP) is 5.34. The van der Waals surface area contributed by atoms with Crippen molar-refractivity contribution in [3.05, 3.63) is 65.2 Å². The summed E-state index contributed by atoms with van der Waals surface area (Å²) in [7, 11) is 0. The lowest BCUT2D eigenvalue weighted by Gasteiger charge is -2.33. The number of carbonyl (C=O) groups is 1. The minimum atomic E-state index is -4.35. The molecule has 0 saturated carbocycles. The number of benzene rings is 2. The molecule has 0 bridgehead atoms. The zero-order valence-corrected chi connectivity index (χ0v) is 16.6. The molecule has 30 heavy (non-hydrogen) atoms. The van der Waals surface area contributed by atoms with E-state index in [1.807, 2.05) is 25.1 Å². The van der Waals surface area contributed by atoms with Crippen molar-refractivity contribution in [1.29, 1.82) is 0 Å². The van der Waals surface area contributed by atoms with Gasteiger partial charge in [-0.1, -0.05) is 12.1 Å². The maximum Gasteiger partial charge on any atom is 0.416 e.